The van der Waals surface area contributed by atoms with Gasteiger partial charge in [0.25, 0.3) is 0 Å². The molecule has 0 bridgehead atoms. The van der Waals surface area contributed by atoms with Gasteiger partial charge in [-0.3, -0.25) is 4.79 Å². The van der Waals surface area contributed by atoms with E-state index < -0.39 is 10.0 Å². The predicted molar refractivity (Wildman–Crippen MR) is 85.5 cm³/mol. The van der Waals surface area contributed by atoms with E-state index >= 15 is 0 Å². The van der Waals surface area contributed by atoms with Gasteiger partial charge >= 0.3 is 0 Å². The van der Waals surface area contributed by atoms with Crippen LogP contribution in [0.3, 0.4) is 0 Å². The third kappa shape index (κ3) is 4.92. The van der Waals surface area contributed by atoms with Gasteiger partial charge in [-0.1, -0.05) is 6.07 Å². The Bertz CT molecular complexity index is 603. The molecule has 1 aromatic rings. The molecule has 0 saturated carbocycles. The summed E-state index contributed by atoms with van der Waals surface area (Å²) in [6.45, 7) is 1.37. The van der Waals surface area contributed by atoms with Gasteiger partial charge in [-0.15, -0.1) is 12.4 Å². The number of rotatable bonds is 6. The first-order chi connectivity index (χ1) is 10.0. The van der Waals surface area contributed by atoms with Gasteiger partial charge < -0.3 is 15.8 Å². The van der Waals surface area contributed by atoms with Crippen molar-refractivity contribution in [1.29, 1.82) is 0 Å². The zero-order valence-corrected chi connectivity index (χ0v) is 13.6. The maximum Gasteiger partial charge on any atom is 0.240 e. The highest BCUT2D eigenvalue weighted by molar-refractivity contribution is 7.89. The third-order valence-corrected chi connectivity index (χ3v) is 4.61. The molecule has 0 radical (unpaired) electrons. The summed E-state index contributed by atoms with van der Waals surface area (Å²) in [7, 11) is -3.61. The van der Waals surface area contributed by atoms with Crippen LogP contribution < -0.4 is 15.8 Å². The Kier molecular flexibility index (Phi) is 7.24. The first-order valence-corrected chi connectivity index (χ1v) is 8.19. The van der Waals surface area contributed by atoms with Crippen molar-refractivity contribution in [3.8, 4) is 0 Å². The second kappa shape index (κ2) is 8.44. The van der Waals surface area contributed by atoms with Crippen molar-refractivity contribution < 1.29 is 17.9 Å². The summed E-state index contributed by atoms with van der Waals surface area (Å²) in [6.07, 6.45) is 0.682. The van der Waals surface area contributed by atoms with Gasteiger partial charge in [0, 0.05) is 25.4 Å². The van der Waals surface area contributed by atoms with Crippen LogP contribution in [0.4, 0.5) is 5.69 Å². The molecule has 9 heteroatoms. The minimum absolute atomic E-state index is 0. The number of hydrogen-bond acceptors (Lipinski definition) is 5. The Balaban J connectivity index is 0.00000242. The largest absolute Gasteiger partial charge is 0.381 e. The fourth-order valence-electron chi connectivity index (χ4n) is 2.00. The zero-order chi connectivity index (χ0) is 15.3. The maximum absolute atomic E-state index is 12.0. The number of hydrogen-bond donors (Lipinski definition) is 3. The van der Waals surface area contributed by atoms with Crippen LogP contribution in [0.25, 0.3) is 0 Å². The molecule has 0 aliphatic carbocycles. The van der Waals surface area contributed by atoms with Gasteiger partial charge in [-0.05, 0) is 24.6 Å². The number of sulfonamides is 1. The van der Waals surface area contributed by atoms with E-state index in [1.54, 1.807) is 12.1 Å². The fourth-order valence-corrected chi connectivity index (χ4v) is 3.10. The lowest BCUT2D eigenvalue weighted by Crippen LogP contribution is -2.29. The SMILES string of the molecule is Cl.NCCNS(=O)(=O)c1cccc(NC(=O)C2CCOC2)c1. The van der Waals surface area contributed by atoms with Crippen LogP contribution >= 0.6 is 12.4 Å². The van der Waals surface area contributed by atoms with Crippen LogP contribution in [-0.4, -0.2) is 40.6 Å². The summed E-state index contributed by atoms with van der Waals surface area (Å²) in [5.41, 5.74) is 5.73. The van der Waals surface area contributed by atoms with E-state index in [4.69, 9.17) is 10.5 Å². The molecule has 7 nitrogen and oxygen atoms in total. The van der Waals surface area contributed by atoms with Gasteiger partial charge in [-0.2, -0.15) is 0 Å². The Hall–Kier alpha value is -1.19. The molecule has 124 valence electrons. The molecule has 1 fully saturated rings. The van der Waals surface area contributed by atoms with Crippen molar-refractivity contribution >= 4 is 34.0 Å². The molecule has 22 heavy (non-hydrogen) atoms. The van der Waals surface area contributed by atoms with Crippen molar-refractivity contribution in [3.63, 3.8) is 0 Å². The van der Waals surface area contributed by atoms with Crippen molar-refractivity contribution in [2.75, 3.05) is 31.6 Å². The highest BCUT2D eigenvalue weighted by Gasteiger charge is 2.23. The maximum atomic E-state index is 12.0. The first kappa shape index (κ1) is 18.9. The Morgan fingerprint density at radius 2 is 2.18 bits per heavy atom. The predicted octanol–water partition coefficient (Wildman–Crippen LogP) is 0.320. The minimum atomic E-state index is -3.61. The molecule has 1 unspecified atom stereocenters. The third-order valence-electron chi connectivity index (χ3n) is 3.15. The summed E-state index contributed by atoms with van der Waals surface area (Å²) in [6, 6.07) is 6.12. The number of halogens is 1. The highest BCUT2D eigenvalue weighted by atomic mass is 35.5. The summed E-state index contributed by atoms with van der Waals surface area (Å²) in [5, 5.41) is 2.72. The van der Waals surface area contributed by atoms with E-state index in [1.165, 1.54) is 12.1 Å². The Morgan fingerprint density at radius 3 is 2.82 bits per heavy atom. The molecular weight excluding hydrogens is 330 g/mol. The van der Waals surface area contributed by atoms with Gasteiger partial charge in [0.05, 0.1) is 17.4 Å². The fraction of sp³-hybridized carbons (Fsp3) is 0.462. The lowest BCUT2D eigenvalue weighted by Gasteiger charge is -2.11. The standard InChI is InChI=1S/C13H19N3O4S.ClH/c14-5-6-15-21(18,19)12-3-1-2-11(8-12)16-13(17)10-4-7-20-9-10;/h1-3,8,10,15H,4-7,9,14H2,(H,16,17);1H. The average Bonchev–Trinajstić information content (AvgIpc) is 3.00. The molecule has 0 spiro atoms. The Morgan fingerprint density at radius 1 is 1.41 bits per heavy atom. The molecule has 1 atom stereocenters. The molecule has 1 amide bonds. The van der Waals surface area contributed by atoms with E-state index in [-0.39, 0.29) is 42.2 Å². The quantitative estimate of drug-likeness (QED) is 0.685. The van der Waals surface area contributed by atoms with E-state index in [0.29, 0.717) is 25.3 Å². The van der Waals surface area contributed by atoms with Crippen LogP contribution in [0, 0.1) is 5.92 Å². The zero-order valence-electron chi connectivity index (χ0n) is 11.9. The molecule has 1 aliphatic rings. The molecule has 1 aliphatic heterocycles. The molecule has 1 heterocycles. The monoisotopic (exact) mass is 349 g/mol. The van der Waals surface area contributed by atoms with Crippen LogP contribution in [0.5, 0.6) is 0 Å². The number of carbonyl (C=O) groups is 1. The van der Waals surface area contributed by atoms with Crippen molar-refractivity contribution in [2.45, 2.75) is 11.3 Å². The lowest BCUT2D eigenvalue weighted by molar-refractivity contribution is -0.119. The van der Waals surface area contributed by atoms with Gasteiger partial charge in [-0.25, -0.2) is 13.1 Å². The van der Waals surface area contributed by atoms with E-state index in [9.17, 15) is 13.2 Å². The topological polar surface area (TPSA) is 111 Å². The van der Waals surface area contributed by atoms with Crippen LogP contribution in [-0.2, 0) is 19.6 Å². The number of anilines is 1. The molecule has 0 aromatic heterocycles. The van der Waals surface area contributed by atoms with Gasteiger partial charge in [0.1, 0.15) is 0 Å². The second-order valence-corrected chi connectivity index (χ2v) is 6.53. The number of nitrogens with two attached hydrogens (primary N) is 1. The Labute approximate surface area is 136 Å². The van der Waals surface area contributed by atoms with Crippen LogP contribution in [0.1, 0.15) is 6.42 Å². The summed E-state index contributed by atoms with van der Waals surface area (Å²) >= 11 is 0. The van der Waals surface area contributed by atoms with Crippen LogP contribution in [0.15, 0.2) is 29.2 Å². The van der Waals surface area contributed by atoms with Crippen molar-refractivity contribution in [3.05, 3.63) is 24.3 Å². The number of amides is 1. The van der Waals surface area contributed by atoms with Gasteiger partial charge in [0.15, 0.2) is 0 Å². The van der Waals surface area contributed by atoms with Crippen molar-refractivity contribution in [1.82, 2.24) is 4.72 Å². The average molecular weight is 350 g/mol. The summed E-state index contributed by atoms with van der Waals surface area (Å²) < 4.78 is 31.5. The number of carbonyl (C=O) groups excluding carboxylic acids is 1. The number of benzene rings is 1. The second-order valence-electron chi connectivity index (χ2n) is 4.76. The van der Waals surface area contributed by atoms with Gasteiger partial charge in [0.2, 0.25) is 15.9 Å². The smallest absolute Gasteiger partial charge is 0.240 e. The molecule has 1 saturated heterocycles. The molecule has 4 N–H and O–H groups in total. The van der Waals surface area contributed by atoms with Crippen molar-refractivity contribution in [2.24, 2.45) is 11.7 Å². The number of ether oxygens (including phenoxy) is 1. The lowest BCUT2D eigenvalue weighted by atomic mass is 10.1. The highest BCUT2D eigenvalue weighted by Crippen LogP contribution is 2.18. The summed E-state index contributed by atoms with van der Waals surface area (Å²) in [5.74, 6) is -0.336. The first-order valence-electron chi connectivity index (χ1n) is 6.71. The number of nitrogens with one attached hydrogen (secondary N) is 2. The minimum Gasteiger partial charge on any atom is -0.381 e. The molecule has 2 rings (SSSR count). The van der Waals surface area contributed by atoms with Crippen LogP contribution in [0.2, 0.25) is 0 Å². The summed E-state index contributed by atoms with van der Waals surface area (Å²) in [4.78, 5) is 12.1. The van der Waals surface area contributed by atoms with E-state index in [1.807, 2.05) is 0 Å². The molecular formula is C13H20ClN3O4S. The van der Waals surface area contributed by atoms with E-state index in [2.05, 4.69) is 10.0 Å². The molecule has 1 aromatic carbocycles. The van der Waals surface area contributed by atoms with E-state index in [0.717, 1.165) is 0 Å². The normalized spacial score (nSPS) is 17.8.